The molecule has 1 aromatic carbocycles. The summed E-state index contributed by atoms with van der Waals surface area (Å²) in [7, 11) is 0. The van der Waals surface area contributed by atoms with Gasteiger partial charge in [-0.15, -0.1) is 10.2 Å². The number of hydrogen-bond donors (Lipinski definition) is 1. The number of rotatable bonds is 3. The second kappa shape index (κ2) is 6.76. The average Bonchev–Trinajstić information content (AvgIpc) is 3.08. The van der Waals surface area contributed by atoms with Gasteiger partial charge >= 0.3 is 0 Å². The maximum atomic E-state index is 12.5. The fraction of sp³-hybridized carbons (Fsp3) is 0.222. The van der Waals surface area contributed by atoms with Crippen molar-refractivity contribution >= 4 is 27.5 Å². The van der Waals surface area contributed by atoms with Crippen molar-refractivity contribution < 1.29 is 4.79 Å². The molecule has 1 aliphatic carbocycles. The van der Waals surface area contributed by atoms with Gasteiger partial charge in [0, 0.05) is 11.9 Å². The van der Waals surface area contributed by atoms with E-state index >= 15 is 0 Å². The van der Waals surface area contributed by atoms with Gasteiger partial charge in [0.15, 0.2) is 11.5 Å². The summed E-state index contributed by atoms with van der Waals surface area (Å²) in [4.78, 5) is 12.5. The minimum atomic E-state index is -0.250. The molecule has 0 unspecified atom stereocenters. The monoisotopic (exact) mass is 397 g/mol. The molecule has 0 atom stereocenters. The molecule has 0 radical (unpaired) electrons. The molecule has 25 heavy (non-hydrogen) atoms. The van der Waals surface area contributed by atoms with Gasteiger partial charge in [0.05, 0.1) is 10.7 Å². The van der Waals surface area contributed by atoms with Gasteiger partial charge in [-0.05, 0) is 70.9 Å². The van der Waals surface area contributed by atoms with Crippen LogP contribution < -0.4 is 5.32 Å². The molecule has 126 valence electrons. The van der Waals surface area contributed by atoms with Crippen LogP contribution >= 0.6 is 15.9 Å². The SMILES string of the molecule is O=C(Nc1cccc2c1CCCC2)c1ccc(-n2cc(Br)cn2)nn1. The van der Waals surface area contributed by atoms with Crippen LogP contribution in [0.2, 0.25) is 0 Å². The molecule has 1 amide bonds. The van der Waals surface area contributed by atoms with Crippen molar-refractivity contribution in [3.8, 4) is 5.82 Å². The molecule has 0 fully saturated rings. The zero-order valence-electron chi connectivity index (χ0n) is 13.4. The highest BCUT2D eigenvalue weighted by atomic mass is 79.9. The van der Waals surface area contributed by atoms with Gasteiger partial charge < -0.3 is 5.32 Å². The van der Waals surface area contributed by atoms with Crippen LogP contribution in [0.1, 0.15) is 34.5 Å². The van der Waals surface area contributed by atoms with Gasteiger partial charge in [-0.3, -0.25) is 4.79 Å². The Labute approximate surface area is 153 Å². The first-order valence-electron chi connectivity index (χ1n) is 8.17. The molecule has 0 saturated carbocycles. The standard InChI is InChI=1S/C18H16BrN5O/c19-13-10-20-24(11-13)17-9-8-16(22-23-17)18(25)21-15-7-3-5-12-4-1-2-6-14(12)15/h3,5,7-11H,1-2,4,6H2,(H,21,25). The number of fused-ring (bicyclic) bond motifs is 1. The lowest BCUT2D eigenvalue weighted by Gasteiger charge is -2.19. The van der Waals surface area contributed by atoms with Crippen LogP contribution in [-0.2, 0) is 12.8 Å². The zero-order chi connectivity index (χ0) is 17.2. The van der Waals surface area contributed by atoms with Gasteiger partial charge in [-0.2, -0.15) is 5.10 Å². The van der Waals surface area contributed by atoms with Gasteiger partial charge in [0.1, 0.15) is 0 Å². The number of anilines is 1. The topological polar surface area (TPSA) is 72.7 Å². The number of amides is 1. The van der Waals surface area contributed by atoms with Crippen molar-refractivity contribution in [1.29, 1.82) is 0 Å². The Kier molecular flexibility index (Phi) is 4.31. The predicted octanol–water partition coefficient (Wildman–Crippen LogP) is 3.56. The fourth-order valence-corrected chi connectivity index (χ4v) is 3.36. The Morgan fingerprint density at radius 3 is 2.76 bits per heavy atom. The summed E-state index contributed by atoms with van der Waals surface area (Å²) in [6.45, 7) is 0. The highest BCUT2D eigenvalue weighted by molar-refractivity contribution is 9.10. The van der Waals surface area contributed by atoms with Crippen molar-refractivity contribution in [1.82, 2.24) is 20.0 Å². The van der Waals surface area contributed by atoms with Gasteiger partial charge in [-0.25, -0.2) is 4.68 Å². The van der Waals surface area contributed by atoms with E-state index in [2.05, 4.69) is 42.6 Å². The Hall–Kier alpha value is -2.54. The number of hydrogen-bond acceptors (Lipinski definition) is 4. The van der Waals surface area contributed by atoms with Crippen LogP contribution in [-0.4, -0.2) is 25.9 Å². The molecule has 2 heterocycles. The summed E-state index contributed by atoms with van der Waals surface area (Å²) < 4.78 is 2.44. The lowest BCUT2D eigenvalue weighted by molar-refractivity contribution is 0.102. The average molecular weight is 398 g/mol. The van der Waals surface area contributed by atoms with E-state index in [1.54, 1.807) is 29.2 Å². The van der Waals surface area contributed by atoms with Crippen LogP contribution in [0.3, 0.4) is 0 Å². The van der Waals surface area contributed by atoms with Crippen LogP contribution in [0.5, 0.6) is 0 Å². The van der Waals surface area contributed by atoms with Crippen molar-refractivity contribution in [2.75, 3.05) is 5.32 Å². The van der Waals surface area contributed by atoms with Crippen LogP contribution in [0.4, 0.5) is 5.69 Å². The molecule has 0 saturated heterocycles. The fourth-order valence-electron chi connectivity index (χ4n) is 3.08. The first kappa shape index (κ1) is 16.0. The van der Waals surface area contributed by atoms with Gasteiger partial charge in [-0.1, -0.05) is 12.1 Å². The molecule has 3 aromatic rings. The molecular weight excluding hydrogens is 382 g/mol. The number of aryl methyl sites for hydroxylation is 1. The van der Waals surface area contributed by atoms with Crippen LogP contribution in [0.15, 0.2) is 47.2 Å². The Morgan fingerprint density at radius 1 is 1.12 bits per heavy atom. The summed E-state index contributed by atoms with van der Waals surface area (Å²) >= 11 is 3.34. The van der Waals surface area contributed by atoms with Gasteiger partial charge in [0.25, 0.3) is 5.91 Å². The Bertz CT molecular complexity index is 919. The quantitative estimate of drug-likeness (QED) is 0.733. The molecule has 4 rings (SSSR count). The van der Waals surface area contributed by atoms with E-state index in [0.29, 0.717) is 5.82 Å². The number of halogens is 1. The largest absolute Gasteiger partial charge is 0.320 e. The second-order valence-corrected chi connectivity index (χ2v) is 6.90. The molecule has 0 aliphatic heterocycles. The molecule has 2 aromatic heterocycles. The molecule has 0 bridgehead atoms. The summed E-state index contributed by atoms with van der Waals surface area (Å²) in [5.41, 5.74) is 3.73. The Morgan fingerprint density at radius 2 is 2.00 bits per heavy atom. The maximum absolute atomic E-state index is 12.5. The maximum Gasteiger partial charge on any atom is 0.276 e. The number of carbonyl (C=O) groups excluding carboxylic acids is 1. The number of aromatic nitrogens is 4. The summed E-state index contributed by atoms with van der Waals surface area (Å²) in [5, 5.41) is 15.2. The first-order chi connectivity index (χ1) is 12.2. The minimum absolute atomic E-state index is 0.250. The van der Waals surface area contributed by atoms with E-state index < -0.39 is 0 Å². The highest BCUT2D eigenvalue weighted by Gasteiger charge is 2.16. The van der Waals surface area contributed by atoms with E-state index in [1.165, 1.54) is 17.5 Å². The van der Waals surface area contributed by atoms with Crippen molar-refractivity contribution in [2.24, 2.45) is 0 Å². The third kappa shape index (κ3) is 3.32. The predicted molar refractivity (Wildman–Crippen MR) is 97.9 cm³/mol. The molecule has 0 spiro atoms. The third-order valence-electron chi connectivity index (χ3n) is 4.31. The first-order valence-corrected chi connectivity index (χ1v) is 8.96. The number of carbonyl (C=O) groups is 1. The van der Waals surface area contributed by atoms with Crippen LogP contribution in [0.25, 0.3) is 5.82 Å². The molecule has 6 nitrogen and oxygen atoms in total. The number of nitrogens with one attached hydrogen (secondary N) is 1. The lowest BCUT2D eigenvalue weighted by atomic mass is 9.90. The smallest absolute Gasteiger partial charge is 0.276 e. The normalized spacial score (nSPS) is 13.3. The van der Waals surface area contributed by atoms with Gasteiger partial charge in [0.2, 0.25) is 0 Å². The lowest BCUT2D eigenvalue weighted by Crippen LogP contribution is -2.17. The zero-order valence-corrected chi connectivity index (χ0v) is 15.0. The van der Waals surface area contributed by atoms with E-state index in [0.717, 1.165) is 29.4 Å². The second-order valence-electron chi connectivity index (χ2n) is 5.98. The van der Waals surface area contributed by atoms with Crippen molar-refractivity contribution in [3.63, 3.8) is 0 Å². The summed E-state index contributed by atoms with van der Waals surface area (Å²) in [6, 6.07) is 9.46. The van der Waals surface area contributed by atoms with E-state index in [9.17, 15) is 4.79 Å². The molecule has 1 N–H and O–H groups in total. The van der Waals surface area contributed by atoms with Crippen LogP contribution in [0, 0.1) is 0 Å². The molecule has 1 aliphatic rings. The third-order valence-corrected chi connectivity index (χ3v) is 4.72. The van der Waals surface area contributed by atoms with Crippen molar-refractivity contribution in [2.45, 2.75) is 25.7 Å². The number of benzene rings is 1. The highest BCUT2D eigenvalue weighted by Crippen LogP contribution is 2.28. The van der Waals surface area contributed by atoms with Crippen molar-refractivity contribution in [3.05, 3.63) is 64.0 Å². The minimum Gasteiger partial charge on any atom is -0.320 e. The van der Waals surface area contributed by atoms with E-state index in [4.69, 9.17) is 0 Å². The Balaban J connectivity index is 1.54. The number of nitrogens with zero attached hydrogens (tertiary/aromatic N) is 4. The molecular formula is C18H16BrN5O. The van der Waals surface area contributed by atoms with E-state index in [1.807, 2.05) is 12.1 Å². The molecule has 7 heteroatoms. The summed E-state index contributed by atoms with van der Waals surface area (Å²) in [6.07, 6.45) is 7.90. The summed E-state index contributed by atoms with van der Waals surface area (Å²) in [5.74, 6) is 0.305. The van der Waals surface area contributed by atoms with E-state index in [-0.39, 0.29) is 11.6 Å².